The van der Waals surface area contributed by atoms with Crippen molar-refractivity contribution in [2.75, 3.05) is 7.11 Å². The van der Waals surface area contributed by atoms with Crippen molar-refractivity contribution in [1.29, 1.82) is 0 Å². The maximum absolute atomic E-state index is 12.3. The largest absolute Gasteiger partial charge is 0.464 e. The molecule has 0 amide bonds. The zero-order chi connectivity index (χ0) is 15.1. The van der Waals surface area contributed by atoms with Crippen molar-refractivity contribution < 1.29 is 23.1 Å². The Labute approximate surface area is 121 Å². The molecule has 1 aliphatic carbocycles. The molecule has 1 heterocycles. The number of ether oxygens (including phenoxy) is 1. The first-order chi connectivity index (χ1) is 9.20. The Hall–Kier alpha value is -1.03. The summed E-state index contributed by atoms with van der Waals surface area (Å²) in [5.74, 6) is -0.792. The number of rotatable bonds is 4. The van der Waals surface area contributed by atoms with Gasteiger partial charge in [0, 0.05) is 11.5 Å². The van der Waals surface area contributed by atoms with Gasteiger partial charge in [-0.3, -0.25) is 0 Å². The van der Waals surface area contributed by atoms with Gasteiger partial charge in [-0.15, -0.1) is 11.3 Å². The molecule has 1 aromatic heterocycles. The van der Waals surface area contributed by atoms with Crippen molar-refractivity contribution in [3.63, 3.8) is 0 Å². The fraction of sp³-hybridized carbons (Fsp3) is 0.636. The molecule has 1 saturated carbocycles. The van der Waals surface area contributed by atoms with Crippen molar-refractivity contribution in [3.05, 3.63) is 11.2 Å². The molecule has 1 aromatic rings. The van der Waals surface area contributed by atoms with E-state index in [1.165, 1.54) is 5.51 Å². The van der Waals surface area contributed by atoms with Crippen LogP contribution in [0.25, 0.3) is 0 Å². The van der Waals surface area contributed by atoms with Crippen LogP contribution in [0.15, 0.2) is 9.72 Å². The molecule has 0 saturated heterocycles. The van der Waals surface area contributed by atoms with Crippen LogP contribution in [0.4, 0.5) is 0 Å². The first-order valence-electron chi connectivity index (χ1n) is 5.92. The standard InChI is InChI=1S/C11H16N2O5S2/c1-11(2)6(4-7(11)14)13-20(16,17)10-8(9(15)18-3)12-5-19-10/h5-7,13-14H,4H2,1-3H3. The molecule has 0 radical (unpaired) electrons. The lowest BCUT2D eigenvalue weighted by Crippen LogP contribution is -2.61. The quantitative estimate of drug-likeness (QED) is 0.776. The predicted octanol–water partition coefficient (Wildman–Crippen LogP) is 0.367. The highest BCUT2D eigenvalue weighted by Gasteiger charge is 2.49. The molecule has 2 atom stereocenters. The highest BCUT2D eigenvalue weighted by molar-refractivity contribution is 7.91. The van der Waals surface area contributed by atoms with Crippen LogP contribution in [0.5, 0.6) is 0 Å². The van der Waals surface area contributed by atoms with Gasteiger partial charge in [0.15, 0.2) is 9.90 Å². The fourth-order valence-electron chi connectivity index (χ4n) is 2.00. The Morgan fingerprint density at radius 3 is 2.75 bits per heavy atom. The Bertz CT molecular complexity index is 623. The van der Waals surface area contributed by atoms with Gasteiger partial charge in [-0.05, 0) is 6.42 Å². The van der Waals surface area contributed by atoms with E-state index in [-0.39, 0.29) is 15.9 Å². The molecule has 7 nitrogen and oxygen atoms in total. The van der Waals surface area contributed by atoms with Crippen LogP contribution < -0.4 is 4.72 Å². The lowest BCUT2D eigenvalue weighted by atomic mass is 9.65. The van der Waals surface area contributed by atoms with Crippen LogP contribution in [0.1, 0.15) is 30.8 Å². The molecule has 2 N–H and O–H groups in total. The minimum atomic E-state index is -3.86. The molecular formula is C11H16N2O5S2. The number of nitrogens with one attached hydrogen (secondary N) is 1. The van der Waals surface area contributed by atoms with Gasteiger partial charge in [-0.1, -0.05) is 13.8 Å². The van der Waals surface area contributed by atoms with Crippen molar-refractivity contribution in [1.82, 2.24) is 9.71 Å². The summed E-state index contributed by atoms with van der Waals surface area (Å²) >= 11 is 0.853. The lowest BCUT2D eigenvalue weighted by Gasteiger charge is -2.49. The number of methoxy groups -OCH3 is 1. The molecule has 1 fully saturated rings. The SMILES string of the molecule is COC(=O)c1ncsc1S(=O)(=O)NC1CC(O)C1(C)C. The number of nitrogens with zero attached hydrogens (tertiary/aromatic N) is 1. The summed E-state index contributed by atoms with van der Waals surface area (Å²) in [5, 5.41) is 9.64. The molecule has 1 aliphatic rings. The van der Waals surface area contributed by atoms with E-state index >= 15 is 0 Å². The van der Waals surface area contributed by atoms with Crippen molar-refractivity contribution >= 4 is 27.3 Å². The smallest absolute Gasteiger partial charge is 0.358 e. The van der Waals surface area contributed by atoms with Gasteiger partial charge < -0.3 is 9.84 Å². The number of hydrogen-bond acceptors (Lipinski definition) is 7. The summed E-state index contributed by atoms with van der Waals surface area (Å²) in [6.45, 7) is 3.56. The van der Waals surface area contributed by atoms with Crippen LogP contribution in [0.2, 0.25) is 0 Å². The zero-order valence-corrected chi connectivity index (χ0v) is 12.9. The van der Waals surface area contributed by atoms with E-state index in [1.807, 2.05) is 0 Å². The highest BCUT2D eigenvalue weighted by atomic mass is 32.2. The summed E-state index contributed by atoms with van der Waals surface area (Å²) in [7, 11) is -2.70. The monoisotopic (exact) mass is 320 g/mol. The maximum Gasteiger partial charge on any atom is 0.358 e. The second-order valence-corrected chi connectivity index (χ2v) is 7.99. The van der Waals surface area contributed by atoms with Gasteiger partial charge in [0.25, 0.3) is 10.0 Å². The van der Waals surface area contributed by atoms with Gasteiger partial charge in [0.2, 0.25) is 0 Å². The summed E-state index contributed by atoms with van der Waals surface area (Å²) in [6, 6.07) is -0.380. The van der Waals surface area contributed by atoms with Crippen LogP contribution in [0.3, 0.4) is 0 Å². The maximum atomic E-state index is 12.3. The van der Waals surface area contributed by atoms with E-state index in [0.29, 0.717) is 6.42 Å². The molecular weight excluding hydrogens is 304 g/mol. The van der Waals surface area contributed by atoms with Gasteiger partial charge in [-0.25, -0.2) is 22.9 Å². The minimum Gasteiger partial charge on any atom is -0.464 e. The van der Waals surface area contributed by atoms with Crippen LogP contribution >= 0.6 is 11.3 Å². The number of sulfonamides is 1. The van der Waals surface area contributed by atoms with E-state index in [9.17, 15) is 18.3 Å². The van der Waals surface area contributed by atoms with E-state index < -0.39 is 27.5 Å². The number of aromatic nitrogens is 1. The second-order valence-electron chi connectivity index (χ2n) is 5.23. The third-order valence-electron chi connectivity index (χ3n) is 3.67. The van der Waals surface area contributed by atoms with Crippen molar-refractivity contribution in [2.45, 2.75) is 36.6 Å². The molecule has 112 valence electrons. The van der Waals surface area contributed by atoms with Gasteiger partial charge >= 0.3 is 5.97 Å². The van der Waals surface area contributed by atoms with Gasteiger partial charge in [0.1, 0.15) is 0 Å². The van der Waals surface area contributed by atoms with Crippen molar-refractivity contribution in [2.24, 2.45) is 5.41 Å². The normalized spacial score (nSPS) is 25.0. The molecule has 2 rings (SSSR count). The number of aliphatic hydroxyl groups excluding tert-OH is 1. The average Bonchev–Trinajstić information content (AvgIpc) is 2.87. The zero-order valence-electron chi connectivity index (χ0n) is 11.3. The van der Waals surface area contributed by atoms with E-state index in [4.69, 9.17) is 0 Å². The molecule has 0 spiro atoms. The van der Waals surface area contributed by atoms with E-state index in [2.05, 4.69) is 14.4 Å². The molecule has 20 heavy (non-hydrogen) atoms. The number of aliphatic hydroxyl groups is 1. The minimum absolute atomic E-state index is 0.165. The number of carbonyl (C=O) groups is 1. The number of carbonyl (C=O) groups excluding carboxylic acids is 1. The predicted molar refractivity (Wildman–Crippen MR) is 72.0 cm³/mol. The fourth-order valence-corrected chi connectivity index (χ4v) is 4.56. The third kappa shape index (κ3) is 2.46. The van der Waals surface area contributed by atoms with Gasteiger partial charge in [0.05, 0.1) is 18.7 Å². The molecule has 0 bridgehead atoms. The van der Waals surface area contributed by atoms with Gasteiger partial charge in [-0.2, -0.15) is 0 Å². The van der Waals surface area contributed by atoms with Crippen LogP contribution in [-0.2, 0) is 14.8 Å². The summed E-state index contributed by atoms with van der Waals surface area (Å²) in [6.07, 6.45) is -0.199. The van der Waals surface area contributed by atoms with E-state index in [0.717, 1.165) is 18.4 Å². The Kier molecular flexibility index (Phi) is 3.89. The number of hydrogen-bond donors (Lipinski definition) is 2. The summed E-state index contributed by atoms with van der Waals surface area (Å²) in [4.78, 5) is 15.2. The Morgan fingerprint density at radius 2 is 2.25 bits per heavy atom. The van der Waals surface area contributed by atoms with E-state index in [1.54, 1.807) is 13.8 Å². The molecule has 2 unspecified atom stereocenters. The molecule has 9 heteroatoms. The molecule has 0 aromatic carbocycles. The highest BCUT2D eigenvalue weighted by Crippen LogP contribution is 2.41. The third-order valence-corrected chi connectivity index (χ3v) is 6.51. The Balaban J connectivity index is 2.24. The molecule has 0 aliphatic heterocycles. The topological polar surface area (TPSA) is 106 Å². The first kappa shape index (κ1) is 15.4. The number of thiazole rings is 1. The summed E-state index contributed by atoms with van der Waals surface area (Å²) < 4.78 is 31.5. The summed E-state index contributed by atoms with van der Waals surface area (Å²) in [5.41, 5.74) is 0.521. The van der Waals surface area contributed by atoms with Crippen LogP contribution in [0, 0.1) is 5.41 Å². The first-order valence-corrected chi connectivity index (χ1v) is 8.28. The number of esters is 1. The van der Waals surface area contributed by atoms with Crippen molar-refractivity contribution in [3.8, 4) is 0 Å². The lowest BCUT2D eigenvalue weighted by molar-refractivity contribution is -0.0645. The Morgan fingerprint density at radius 1 is 1.60 bits per heavy atom. The average molecular weight is 320 g/mol. The second kappa shape index (κ2) is 5.06. The van der Waals surface area contributed by atoms with Crippen LogP contribution in [-0.4, -0.2) is 43.7 Å².